The van der Waals surface area contributed by atoms with E-state index in [9.17, 15) is 4.79 Å². The number of benzene rings is 1. The van der Waals surface area contributed by atoms with Gasteiger partial charge in [-0.3, -0.25) is 4.79 Å². The van der Waals surface area contributed by atoms with Crippen LogP contribution in [0, 0.1) is 0 Å². The molecule has 0 fully saturated rings. The molecule has 1 amide bonds. The Bertz CT molecular complexity index is 601. The quantitative estimate of drug-likeness (QED) is 0.556. The maximum atomic E-state index is 11.9. The van der Waals surface area contributed by atoms with Gasteiger partial charge in [0.1, 0.15) is 6.33 Å². The zero-order valence-electron chi connectivity index (χ0n) is 13.4. The van der Waals surface area contributed by atoms with Crippen LogP contribution in [0.25, 0.3) is 0 Å². The van der Waals surface area contributed by atoms with Crippen molar-refractivity contribution in [3.8, 4) is 0 Å². The Balaban J connectivity index is 1.59. The molecule has 1 heterocycles. The van der Waals surface area contributed by atoms with Gasteiger partial charge in [0.25, 0.3) is 0 Å². The first-order valence-corrected chi connectivity index (χ1v) is 9.61. The molecule has 0 radical (unpaired) electrons. The Morgan fingerprint density at radius 1 is 1.26 bits per heavy atom. The number of hydrogen-bond donors (Lipinski definition) is 1. The summed E-state index contributed by atoms with van der Waals surface area (Å²) in [4.78, 5) is 13.1. The van der Waals surface area contributed by atoms with Gasteiger partial charge in [0.05, 0.1) is 5.75 Å². The first kappa shape index (κ1) is 17.9. The molecule has 0 unspecified atom stereocenters. The van der Waals surface area contributed by atoms with Crippen molar-refractivity contribution in [2.24, 2.45) is 0 Å². The zero-order valence-corrected chi connectivity index (χ0v) is 15.1. The largest absolute Gasteiger partial charge is 0.355 e. The third-order valence-corrected chi connectivity index (χ3v) is 5.14. The Morgan fingerprint density at radius 2 is 2.04 bits per heavy atom. The van der Waals surface area contributed by atoms with E-state index in [1.165, 1.54) is 16.7 Å². The third-order valence-electron chi connectivity index (χ3n) is 3.08. The molecule has 0 aliphatic heterocycles. The number of hydrogen-bond acceptors (Lipinski definition) is 5. The lowest BCUT2D eigenvalue weighted by Crippen LogP contribution is -2.26. The molecular weight excluding hydrogens is 328 g/mol. The number of carbonyl (C=O) groups is 1. The van der Waals surface area contributed by atoms with Crippen molar-refractivity contribution < 1.29 is 4.79 Å². The minimum absolute atomic E-state index is 0.0398. The van der Waals surface area contributed by atoms with Crippen LogP contribution in [0.15, 0.2) is 46.7 Å². The summed E-state index contributed by atoms with van der Waals surface area (Å²) < 4.78 is 1.97. The summed E-state index contributed by atoms with van der Waals surface area (Å²) in [5.74, 6) is 1.41. The predicted molar refractivity (Wildman–Crippen MR) is 95.9 cm³/mol. The maximum absolute atomic E-state index is 11.9. The van der Waals surface area contributed by atoms with Crippen molar-refractivity contribution in [2.75, 3.05) is 18.1 Å². The second-order valence-electron chi connectivity index (χ2n) is 5.27. The zero-order chi connectivity index (χ0) is 16.5. The normalized spacial score (nSPS) is 10.9. The van der Waals surface area contributed by atoms with E-state index in [1.807, 2.05) is 34.5 Å². The van der Waals surface area contributed by atoms with E-state index < -0.39 is 0 Å². The molecule has 124 valence electrons. The fourth-order valence-electron chi connectivity index (χ4n) is 1.88. The molecular formula is C16H22N4OS2. The Hall–Kier alpha value is -1.47. The van der Waals surface area contributed by atoms with E-state index in [4.69, 9.17) is 0 Å². The molecule has 5 nitrogen and oxygen atoms in total. The first-order chi connectivity index (χ1) is 11.2. The number of nitrogens with zero attached hydrogens (tertiary/aromatic N) is 3. The molecule has 0 atom stereocenters. The van der Waals surface area contributed by atoms with Crippen LogP contribution in [0.4, 0.5) is 0 Å². The minimum atomic E-state index is 0.0398. The van der Waals surface area contributed by atoms with E-state index in [2.05, 4.69) is 41.5 Å². The highest BCUT2D eigenvalue weighted by molar-refractivity contribution is 7.99. The highest BCUT2D eigenvalue weighted by Gasteiger charge is 2.10. The molecule has 1 N–H and O–H groups in total. The molecule has 0 bridgehead atoms. The van der Waals surface area contributed by atoms with Crippen LogP contribution in [0.1, 0.15) is 26.3 Å². The van der Waals surface area contributed by atoms with Crippen molar-refractivity contribution in [1.82, 2.24) is 20.1 Å². The molecule has 1 aromatic carbocycles. The SMILES string of the molecule is CC(C)n1cnnc1SCC(=O)NCCCSc1ccccc1. The summed E-state index contributed by atoms with van der Waals surface area (Å²) in [5.41, 5.74) is 0. The predicted octanol–water partition coefficient (Wildman–Crippen LogP) is 3.25. The number of amides is 1. The Morgan fingerprint density at radius 3 is 2.78 bits per heavy atom. The summed E-state index contributed by atoms with van der Waals surface area (Å²) in [7, 11) is 0. The molecule has 0 aliphatic rings. The molecule has 2 rings (SSSR count). The summed E-state index contributed by atoms with van der Waals surface area (Å²) in [5, 5.41) is 11.7. The van der Waals surface area contributed by atoms with E-state index in [1.54, 1.807) is 6.33 Å². The van der Waals surface area contributed by atoms with Crippen LogP contribution >= 0.6 is 23.5 Å². The van der Waals surface area contributed by atoms with Gasteiger partial charge in [-0.1, -0.05) is 30.0 Å². The van der Waals surface area contributed by atoms with E-state index in [0.29, 0.717) is 18.3 Å². The van der Waals surface area contributed by atoms with Crippen LogP contribution < -0.4 is 5.32 Å². The standard InChI is InChI=1S/C16H22N4OS2/c1-13(2)20-12-18-19-16(20)23-11-15(21)17-9-6-10-22-14-7-4-3-5-8-14/h3-5,7-8,12-13H,6,9-11H2,1-2H3,(H,17,21). The van der Waals surface area contributed by atoms with Crippen LogP contribution in [0.3, 0.4) is 0 Å². The van der Waals surface area contributed by atoms with Crippen LogP contribution in [0.2, 0.25) is 0 Å². The number of thioether (sulfide) groups is 2. The van der Waals surface area contributed by atoms with Crippen LogP contribution in [0.5, 0.6) is 0 Å². The molecule has 1 aromatic heterocycles. The van der Waals surface area contributed by atoms with Gasteiger partial charge in [-0.15, -0.1) is 22.0 Å². The highest BCUT2D eigenvalue weighted by Crippen LogP contribution is 2.19. The summed E-state index contributed by atoms with van der Waals surface area (Å²) in [6, 6.07) is 10.6. The van der Waals surface area contributed by atoms with E-state index in [-0.39, 0.29) is 5.91 Å². The number of carbonyl (C=O) groups excluding carboxylic acids is 1. The van der Waals surface area contributed by atoms with Gasteiger partial charge in [-0.25, -0.2) is 0 Å². The topological polar surface area (TPSA) is 59.8 Å². The first-order valence-electron chi connectivity index (χ1n) is 7.63. The fourth-order valence-corrected chi connectivity index (χ4v) is 3.63. The van der Waals surface area contributed by atoms with Crippen molar-refractivity contribution in [1.29, 1.82) is 0 Å². The smallest absolute Gasteiger partial charge is 0.230 e. The highest BCUT2D eigenvalue weighted by atomic mass is 32.2. The molecule has 7 heteroatoms. The number of rotatable bonds is 9. The molecule has 0 saturated heterocycles. The number of nitrogens with one attached hydrogen (secondary N) is 1. The van der Waals surface area contributed by atoms with E-state index >= 15 is 0 Å². The minimum Gasteiger partial charge on any atom is -0.355 e. The van der Waals surface area contributed by atoms with Gasteiger partial charge in [-0.05, 0) is 38.2 Å². The van der Waals surface area contributed by atoms with Crippen molar-refractivity contribution in [3.63, 3.8) is 0 Å². The molecule has 2 aromatic rings. The van der Waals surface area contributed by atoms with Gasteiger partial charge in [-0.2, -0.15) is 0 Å². The average molecular weight is 351 g/mol. The number of aromatic nitrogens is 3. The Kier molecular flexibility index (Phi) is 7.48. The molecule has 0 spiro atoms. The fraction of sp³-hybridized carbons (Fsp3) is 0.438. The molecule has 23 heavy (non-hydrogen) atoms. The Labute approximate surface area is 145 Å². The van der Waals surface area contributed by atoms with Crippen molar-refractivity contribution >= 4 is 29.4 Å². The maximum Gasteiger partial charge on any atom is 0.230 e. The van der Waals surface area contributed by atoms with Crippen LogP contribution in [-0.2, 0) is 4.79 Å². The molecule has 0 aliphatic carbocycles. The summed E-state index contributed by atoms with van der Waals surface area (Å²) in [6.07, 6.45) is 2.66. The second kappa shape index (κ2) is 9.62. The van der Waals surface area contributed by atoms with Crippen molar-refractivity contribution in [3.05, 3.63) is 36.7 Å². The summed E-state index contributed by atoms with van der Waals surface area (Å²) >= 11 is 3.23. The van der Waals surface area contributed by atoms with E-state index in [0.717, 1.165) is 17.3 Å². The average Bonchev–Trinajstić information content (AvgIpc) is 3.02. The van der Waals surface area contributed by atoms with Gasteiger partial charge >= 0.3 is 0 Å². The van der Waals surface area contributed by atoms with Gasteiger partial charge in [0.2, 0.25) is 5.91 Å². The van der Waals surface area contributed by atoms with Gasteiger partial charge < -0.3 is 9.88 Å². The lowest BCUT2D eigenvalue weighted by molar-refractivity contribution is -0.118. The lowest BCUT2D eigenvalue weighted by Gasteiger charge is -2.09. The second-order valence-corrected chi connectivity index (χ2v) is 7.38. The summed E-state index contributed by atoms with van der Waals surface area (Å²) in [6.45, 7) is 4.84. The molecule has 0 saturated carbocycles. The van der Waals surface area contributed by atoms with Crippen molar-refractivity contribution in [2.45, 2.75) is 36.4 Å². The van der Waals surface area contributed by atoms with Crippen LogP contribution in [-0.4, -0.2) is 38.7 Å². The van der Waals surface area contributed by atoms with Gasteiger partial charge in [0.15, 0.2) is 5.16 Å². The third kappa shape index (κ3) is 6.27. The van der Waals surface area contributed by atoms with Gasteiger partial charge in [0, 0.05) is 17.5 Å². The monoisotopic (exact) mass is 350 g/mol. The lowest BCUT2D eigenvalue weighted by atomic mass is 10.4.